The number of hydrogen-bond acceptors (Lipinski definition) is 3. The molecule has 0 spiro atoms. The van der Waals surface area contributed by atoms with Gasteiger partial charge in [-0.2, -0.15) is 0 Å². The van der Waals surface area contributed by atoms with Crippen LogP contribution in [0.5, 0.6) is 5.75 Å². The first kappa shape index (κ1) is 13.8. The molecule has 0 aliphatic rings. The minimum atomic E-state index is -0.0207. The molecule has 0 saturated heterocycles. The van der Waals surface area contributed by atoms with Crippen LogP contribution >= 0.6 is 43.2 Å². The average Bonchev–Trinajstić information content (AvgIpc) is 2.67. The summed E-state index contributed by atoms with van der Waals surface area (Å²) in [5.41, 5.74) is 1.28. The number of rotatable bonds is 3. The summed E-state index contributed by atoms with van der Waals surface area (Å²) < 4.78 is 7.06. The number of ketones is 1. The highest BCUT2D eigenvalue weighted by atomic mass is 79.9. The number of halogens is 2. The fourth-order valence-electron chi connectivity index (χ4n) is 1.67. The van der Waals surface area contributed by atoms with E-state index in [9.17, 15) is 4.79 Å². The van der Waals surface area contributed by atoms with Crippen molar-refractivity contribution in [3.8, 4) is 5.75 Å². The molecule has 0 saturated carbocycles. The predicted octanol–water partition coefficient (Wildman–Crippen LogP) is 4.82. The number of ether oxygens (including phenoxy) is 1. The second kappa shape index (κ2) is 5.55. The smallest absolute Gasteiger partial charge is 0.197 e. The van der Waals surface area contributed by atoms with E-state index in [2.05, 4.69) is 31.9 Å². The van der Waals surface area contributed by atoms with E-state index in [1.54, 1.807) is 30.6 Å². The van der Waals surface area contributed by atoms with Gasteiger partial charge in [0.1, 0.15) is 5.75 Å². The van der Waals surface area contributed by atoms with Crippen LogP contribution in [0.3, 0.4) is 0 Å². The lowest BCUT2D eigenvalue weighted by molar-refractivity contribution is 0.103. The monoisotopic (exact) mass is 388 g/mol. The van der Waals surface area contributed by atoms with Gasteiger partial charge >= 0.3 is 0 Å². The zero-order valence-corrected chi connectivity index (χ0v) is 13.8. The Kier molecular flexibility index (Phi) is 4.25. The van der Waals surface area contributed by atoms with Crippen molar-refractivity contribution in [1.29, 1.82) is 0 Å². The maximum atomic E-state index is 12.5. The molecule has 0 N–H and O–H groups in total. The molecule has 2 rings (SSSR count). The third-order valence-electron chi connectivity index (χ3n) is 2.54. The van der Waals surface area contributed by atoms with E-state index < -0.39 is 0 Å². The van der Waals surface area contributed by atoms with Gasteiger partial charge in [-0.1, -0.05) is 15.9 Å². The van der Waals surface area contributed by atoms with Gasteiger partial charge in [0.25, 0.3) is 0 Å². The number of methoxy groups -OCH3 is 1. The Morgan fingerprint density at radius 1 is 1.22 bits per heavy atom. The second-order valence-corrected chi connectivity index (χ2v) is 7.25. The van der Waals surface area contributed by atoms with Crippen LogP contribution in [0.4, 0.5) is 0 Å². The van der Waals surface area contributed by atoms with Crippen LogP contribution in [0.15, 0.2) is 32.5 Å². The summed E-state index contributed by atoms with van der Waals surface area (Å²) in [7, 11) is 1.57. The molecule has 0 fully saturated rings. The zero-order chi connectivity index (χ0) is 13.3. The fourth-order valence-corrected chi connectivity index (χ4v) is 3.72. The van der Waals surface area contributed by atoms with Crippen LogP contribution in [-0.2, 0) is 0 Å². The first-order chi connectivity index (χ1) is 8.52. The minimum Gasteiger partial charge on any atom is -0.496 e. The van der Waals surface area contributed by atoms with Gasteiger partial charge in [-0.15, -0.1) is 11.3 Å². The summed E-state index contributed by atoms with van der Waals surface area (Å²) >= 11 is 8.33. The summed E-state index contributed by atoms with van der Waals surface area (Å²) in [6.07, 6.45) is 0. The van der Waals surface area contributed by atoms with E-state index in [0.717, 1.165) is 13.1 Å². The van der Waals surface area contributed by atoms with Crippen LogP contribution in [-0.4, -0.2) is 12.9 Å². The molecular weight excluding hydrogens is 380 g/mol. The Labute approximate surface area is 126 Å². The van der Waals surface area contributed by atoms with Gasteiger partial charge in [0.2, 0.25) is 0 Å². The normalized spacial score (nSPS) is 10.4. The molecule has 0 aliphatic heterocycles. The van der Waals surface area contributed by atoms with Crippen molar-refractivity contribution in [1.82, 2.24) is 0 Å². The van der Waals surface area contributed by atoms with Crippen LogP contribution in [0, 0.1) is 6.92 Å². The zero-order valence-electron chi connectivity index (χ0n) is 9.79. The Hall–Kier alpha value is -0.650. The summed E-state index contributed by atoms with van der Waals surface area (Å²) in [5.74, 6) is 0.567. The lowest BCUT2D eigenvalue weighted by Crippen LogP contribution is -2.04. The topological polar surface area (TPSA) is 26.3 Å². The fraction of sp³-hybridized carbons (Fsp3) is 0.154. The van der Waals surface area contributed by atoms with Gasteiger partial charge in [0.15, 0.2) is 5.78 Å². The quantitative estimate of drug-likeness (QED) is 0.703. The van der Waals surface area contributed by atoms with Crippen LogP contribution < -0.4 is 4.74 Å². The van der Waals surface area contributed by atoms with Crippen molar-refractivity contribution in [3.63, 3.8) is 0 Å². The Balaban J connectivity index is 2.51. The molecule has 0 radical (unpaired) electrons. The summed E-state index contributed by atoms with van der Waals surface area (Å²) in [5, 5.41) is 0. The largest absolute Gasteiger partial charge is 0.496 e. The first-order valence-electron chi connectivity index (χ1n) is 5.17. The standard InChI is InChI=1S/C13H10Br2O2S/c1-7-9(6-12(15)18-7)13(16)10-5-8(14)3-4-11(10)17-2/h3-6H,1-2H3. The molecule has 1 aromatic carbocycles. The number of hydrogen-bond donors (Lipinski definition) is 0. The summed E-state index contributed by atoms with van der Waals surface area (Å²) in [6.45, 7) is 1.94. The molecular formula is C13H10Br2O2S. The molecule has 2 nitrogen and oxygen atoms in total. The Bertz CT molecular complexity index is 605. The van der Waals surface area contributed by atoms with E-state index in [1.807, 2.05) is 19.1 Å². The molecule has 2 aromatic rings. The molecule has 94 valence electrons. The SMILES string of the molecule is COc1ccc(Br)cc1C(=O)c1cc(Br)sc1C. The third-order valence-corrected chi connectivity index (χ3v) is 4.59. The highest BCUT2D eigenvalue weighted by Gasteiger charge is 2.18. The molecule has 1 aromatic heterocycles. The van der Waals surface area contributed by atoms with Gasteiger partial charge in [-0.25, -0.2) is 0 Å². The number of aryl methyl sites for hydroxylation is 1. The van der Waals surface area contributed by atoms with Crippen molar-refractivity contribution < 1.29 is 9.53 Å². The molecule has 0 atom stereocenters. The lowest BCUT2D eigenvalue weighted by atomic mass is 10.0. The number of benzene rings is 1. The van der Waals surface area contributed by atoms with Crippen molar-refractivity contribution >= 4 is 49.0 Å². The highest BCUT2D eigenvalue weighted by Crippen LogP contribution is 2.31. The minimum absolute atomic E-state index is 0.0207. The van der Waals surface area contributed by atoms with Crippen LogP contribution in [0.2, 0.25) is 0 Å². The van der Waals surface area contributed by atoms with Gasteiger partial charge in [-0.05, 0) is 47.1 Å². The van der Waals surface area contributed by atoms with Crippen molar-refractivity contribution in [2.75, 3.05) is 7.11 Å². The van der Waals surface area contributed by atoms with Crippen LogP contribution in [0.25, 0.3) is 0 Å². The predicted molar refractivity (Wildman–Crippen MR) is 80.9 cm³/mol. The highest BCUT2D eigenvalue weighted by molar-refractivity contribution is 9.11. The number of carbonyl (C=O) groups is 1. The van der Waals surface area contributed by atoms with E-state index >= 15 is 0 Å². The van der Waals surface area contributed by atoms with Crippen molar-refractivity contribution in [2.24, 2.45) is 0 Å². The third kappa shape index (κ3) is 2.68. The second-order valence-electron chi connectivity index (χ2n) is 3.69. The maximum Gasteiger partial charge on any atom is 0.197 e. The van der Waals surface area contributed by atoms with E-state index in [0.29, 0.717) is 16.9 Å². The van der Waals surface area contributed by atoms with Gasteiger partial charge < -0.3 is 4.74 Å². The summed E-state index contributed by atoms with van der Waals surface area (Å²) in [6, 6.07) is 7.27. The molecule has 0 unspecified atom stereocenters. The Morgan fingerprint density at radius 2 is 1.94 bits per heavy atom. The average molecular weight is 390 g/mol. The molecule has 0 bridgehead atoms. The van der Waals surface area contributed by atoms with Gasteiger partial charge in [0, 0.05) is 14.9 Å². The maximum absolute atomic E-state index is 12.5. The summed E-state index contributed by atoms with van der Waals surface area (Å²) in [4.78, 5) is 13.5. The van der Waals surface area contributed by atoms with E-state index in [4.69, 9.17) is 4.74 Å². The van der Waals surface area contributed by atoms with E-state index in [1.165, 1.54) is 0 Å². The molecule has 0 aliphatic carbocycles. The molecule has 0 amide bonds. The number of thiophene rings is 1. The van der Waals surface area contributed by atoms with E-state index in [-0.39, 0.29) is 5.78 Å². The van der Waals surface area contributed by atoms with Crippen molar-refractivity contribution in [3.05, 3.63) is 48.5 Å². The van der Waals surface area contributed by atoms with Gasteiger partial charge in [-0.3, -0.25) is 4.79 Å². The number of carbonyl (C=O) groups excluding carboxylic acids is 1. The van der Waals surface area contributed by atoms with Crippen LogP contribution in [0.1, 0.15) is 20.8 Å². The first-order valence-corrected chi connectivity index (χ1v) is 7.57. The lowest BCUT2D eigenvalue weighted by Gasteiger charge is -2.07. The molecule has 1 heterocycles. The Morgan fingerprint density at radius 3 is 2.50 bits per heavy atom. The van der Waals surface area contributed by atoms with Crippen molar-refractivity contribution in [2.45, 2.75) is 6.92 Å². The molecule has 18 heavy (non-hydrogen) atoms. The molecule has 5 heteroatoms. The van der Waals surface area contributed by atoms with Gasteiger partial charge in [0.05, 0.1) is 16.5 Å².